The first-order valence-corrected chi connectivity index (χ1v) is 12.4. The molecule has 0 spiro atoms. The number of aromatic nitrogens is 2. The number of fused-ring (bicyclic) bond motifs is 8. The smallest absolute Gasteiger partial charge is 0.280 e. The lowest BCUT2D eigenvalue weighted by molar-refractivity contribution is 0.0986. The molecule has 3 heterocycles. The molecule has 7 heteroatoms. The van der Waals surface area contributed by atoms with Crippen molar-refractivity contribution in [3.63, 3.8) is 0 Å². The Morgan fingerprint density at radius 2 is 1.80 bits per heavy atom. The summed E-state index contributed by atoms with van der Waals surface area (Å²) >= 11 is 12.5. The zero-order valence-corrected chi connectivity index (χ0v) is 20.7. The molecule has 4 nitrogen and oxygen atoms in total. The van der Waals surface area contributed by atoms with Gasteiger partial charge in [-0.05, 0) is 47.2 Å². The van der Waals surface area contributed by atoms with Gasteiger partial charge in [-0.25, -0.2) is 4.39 Å². The van der Waals surface area contributed by atoms with E-state index >= 15 is 4.39 Å². The molecular formula is C28H22Cl2FN3O. The fourth-order valence-electron chi connectivity index (χ4n) is 5.45. The summed E-state index contributed by atoms with van der Waals surface area (Å²) in [5, 5.41) is 5.31. The van der Waals surface area contributed by atoms with E-state index in [0.717, 1.165) is 28.8 Å². The highest BCUT2D eigenvalue weighted by atomic mass is 35.5. The van der Waals surface area contributed by atoms with Crippen LogP contribution in [0.1, 0.15) is 58.7 Å². The molecule has 3 aromatic carbocycles. The molecule has 4 aromatic rings. The van der Waals surface area contributed by atoms with Crippen LogP contribution in [0.4, 0.5) is 10.1 Å². The van der Waals surface area contributed by atoms with Gasteiger partial charge in [0.15, 0.2) is 11.5 Å². The van der Waals surface area contributed by atoms with Crippen molar-refractivity contribution in [2.75, 3.05) is 4.90 Å². The highest BCUT2D eigenvalue weighted by Crippen LogP contribution is 2.54. The van der Waals surface area contributed by atoms with Crippen LogP contribution in [-0.2, 0) is 13.0 Å². The van der Waals surface area contributed by atoms with E-state index < -0.39 is 11.9 Å². The minimum absolute atomic E-state index is 0.0256. The minimum Gasteiger partial charge on any atom is -0.292 e. The van der Waals surface area contributed by atoms with E-state index in [9.17, 15) is 4.79 Å². The summed E-state index contributed by atoms with van der Waals surface area (Å²) in [6.07, 6.45) is 0.795. The summed E-state index contributed by atoms with van der Waals surface area (Å²) in [5.74, 6) is -0.814. The van der Waals surface area contributed by atoms with Crippen LogP contribution in [0.15, 0.2) is 60.7 Å². The fourth-order valence-corrected chi connectivity index (χ4v) is 5.78. The Morgan fingerprint density at radius 1 is 1.03 bits per heavy atom. The van der Waals surface area contributed by atoms with Crippen LogP contribution in [0.5, 0.6) is 0 Å². The molecule has 0 saturated heterocycles. The first kappa shape index (κ1) is 22.3. The zero-order valence-electron chi connectivity index (χ0n) is 19.2. The van der Waals surface area contributed by atoms with Gasteiger partial charge in [0.25, 0.3) is 5.91 Å². The van der Waals surface area contributed by atoms with Gasteiger partial charge in [-0.15, -0.1) is 0 Å². The van der Waals surface area contributed by atoms with Crippen molar-refractivity contribution >= 4 is 34.8 Å². The molecule has 0 aliphatic carbocycles. The number of benzene rings is 3. The summed E-state index contributed by atoms with van der Waals surface area (Å²) in [5.41, 5.74) is 5.90. The van der Waals surface area contributed by atoms with Crippen molar-refractivity contribution in [1.82, 2.24) is 9.78 Å². The van der Waals surface area contributed by atoms with E-state index in [1.807, 2.05) is 41.1 Å². The number of hydrogen-bond donors (Lipinski definition) is 0. The second-order valence-electron chi connectivity index (χ2n) is 9.33. The van der Waals surface area contributed by atoms with Gasteiger partial charge in [-0.1, -0.05) is 79.5 Å². The number of carbonyl (C=O) groups excluding carboxylic acids is 1. The third-order valence-electron chi connectivity index (χ3n) is 6.89. The standard InChI is InChI=1S/C28H22Cl2FN3O/c1-15(2)25-22-24(32-33(25)13-12-16-6-4-3-5-7-16)28(35)34-26(22)18-9-8-17(29)14-20(18)19-10-11-21(30)23(31)27(19)34/h3-11,14-15,26H,12-13H2,1-2H3. The zero-order chi connectivity index (χ0) is 24.4. The molecule has 0 N–H and O–H groups in total. The number of carbonyl (C=O) groups is 1. The maximum absolute atomic E-state index is 15.5. The fraction of sp³-hybridized carbons (Fsp3) is 0.214. The van der Waals surface area contributed by atoms with Crippen LogP contribution in [0, 0.1) is 5.82 Å². The molecule has 6 rings (SSSR count). The number of rotatable bonds is 4. The third kappa shape index (κ3) is 3.33. The molecule has 2 aliphatic heterocycles. The van der Waals surface area contributed by atoms with Crippen LogP contribution in [-0.4, -0.2) is 15.7 Å². The molecule has 0 fully saturated rings. The molecule has 1 unspecified atom stereocenters. The van der Waals surface area contributed by atoms with Gasteiger partial charge >= 0.3 is 0 Å². The summed E-state index contributed by atoms with van der Waals surface area (Å²) < 4.78 is 17.4. The van der Waals surface area contributed by atoms with Gasteiger partial charge < -0.3 is 0 Å². The predicted octanol–water partition coefficient (Wildman–Crippen LogP) is 7.43. The summed E-state index contributed by atoms with van der Waals surface area (Å²) in [7, 11) is 0. The minimum atomic E-state index is -0.610. The summed E-state index contributed by atoms with van der Waals surface area (Å²) in [6.45, 7) is 4.84. The second kappa shape index (κ2) is 8.21. The quantitative estimate of drug-likeness (QED) is 0.289. The van der Waals surface area contributed by atoms with Crippen molar-refractivity contribution in [3.05, 3.63) is 105 Å². The Kier molecular flexibility index (Phi) is 5.24. The molecule has 1 atom stereocenters. The number of hydrogen-bond acceptors (Lipinski definition) is 2. The van der Waals surface area contributed by atoms with Crippen LogP contribution in [0.3, 0.4) is 0 Å². The van der Waals surface area contributed by atoms with Gasteiger partial charge in [0.1, 0.15) is 0 Å². The first-order valence-electron chi connectivity index (χ1n) is 11.6. The van der Waals surface area contributed by atoms with Crippen molar-refractivity contribution in [2.45, 2.75) is 38.8 Å². The maximum atomic E-state index is 15.5. The van der Waals surface area contributed by atoms with Crippen LogP contribution in [0.2, 0.25) is 10.0 Å². The average Bonchev–Trinajstić information content (AvgIpc) is 3.35. The van der Waals surface area contributed by atoms with Gasteiger partial charge in [-0.2, -0.15) is 5.10 Å². The van der Waals surface area contributed by atoms with E-state index in [1.54, 1.807) is 6.07 Å². The van der Waals surface area contributed by atoms with Gasteiger partial charge in [0, 0.05) is 28.4 Å². The number of halogens is 3. The highest BCUT2D eigenvalue weighted by molar-refractivity contribution is 6.32. The maximum Gasteiger partial charge on any atom is 0.280 e. The number of nitrogens with zero attached hydrogens (tertiary/aromatic N) is 3. The normalized spacial score (nSPS) is 15.8. The lowest BCUT2D eigenvalue weighted by Crippen LogP contribution is -2.34. The lowest BCUT2D eigenvalue weighted by atomic mass is 9.85. The number of aryl methyl sites for hydroxylation is 2. The van der Waals surface area contributed by atoms with E-state index in [-0.39, 0.29) is 22.5 Å². The Labute approximate surface area is 212 Å². The summed E-state index contributed by atoms with van der Waals surface area (Å²) in [4.78, 5) is 15.3. The van der Waals surface area contributed by atoms with Crippen molar-refractivity contribution < 1.29 is 9.18 Å². The Morgan fingerprint density at radius 3 is 2.54 bits per heavy atom. The van der Waals surface area contributed by atoms with Gasteiger partial charge in [-0.3, -0.25) is 14.4 Å². The summed E-state index contributed by atoms with van der Waals surface area (Å²) in [6, 6.07) is 18.6. The van der Waals surface area contributed by atoms with Crippen LogP contribution >= 0.6 is 23.2 Å². The SMILES string of the molecule is CC(C)c1c2c(nn1CCc1ccccc1)C(=O)N1c3c(ccc(Cl)c3F)-c3cc(Cl)ccc3C21. The average molecular weight is 506 g/mol. The van der Waals surface area contributed by atoms with Crippen molar-refractivity contribution in [2.24, 2.45) is 0 Å². The van der Waals surface area contributed by atoms with E-state index in [0.29, 0.717) is 22.8 Å². The molecule has 0 radical (unpaired) electrons. The number of anilines is 1. The molecular weight excluding hydrogens is 484 g/mol. The van der Waals surface area contributed by atoms with E-state index in [4.69, 9.17) is 28.3 Å². The molecule has 0 saturated carbocycles. The van der Waals surface area contributed by atoms with Gasteiger partial charge in [0.05, 0.1) is 16.8 Å². The number of amides is 1. The largest absolute Gasteiger partial charge is 0.292 e. The van der Waals surface area contributed by atoms with E-state index in [2.05, 4.69) is 26.0 Å². The second-order valence-corrected chi connectivity index (χ2v) is 10.2. The molecule has 0 bridgehead atoms. The Hall–Kier alpha value is -3.15. The highest BCUT2D eigenvalue weighted by Gasteiger charge is 2.49. The van der Waals surface area contributed by atoms with Crippen molar-refractivity contribution in [3.8, 4) is 11.1 Å². The van der Waals surface area contributed by atoms with Crippen LogP contribution in [0.25, 0.3) is 11.1 Å². The van der Waals surface area contributed by atoms with Crippen LogP contribution < -0.4 is 4.90 Å². The molecule has 176 valence electrons. The third-order valence-corrected chi connectivity index (χ3v) is 7.42. The molecule has 2 aliphatic rings. The molecule has 35 heavy (non-hydrogen) atoms. The van der Waals surface area contributed by atoms with Gasteiger partial charge in [0.2, 0.25) is 0 Å². The topological polar surface area (TPSA) is 38.1 Å². The first-order chi connectivity index (χ1) is 16.9. The Balaban J connectivity index is 1.55. The molecule has 1 amide bonds. The van der Waals surface area contributed by atoms with E-state index in [1.165, 1.54) is 16.5 Å². The monoisotopic (exact) mass is 505 g/mol. The predicted molar refractivity (Wildman–Crippen MR) is 137 cm³/mol. The lowest BCUT2D eigenvalue weighted by Gasteiger charge is -2.35. The Bertz CT molecular complexity index is 1500. The van der Waals surface area contributed by atoms with Crippen molar-refractivity contribution in [1.29, 1.82) is 0 Å². The molecule has 1 aromatic heterocycles.